The summed E-state index contributed by atoms with van der Waals surface area (Å²) in [4.78, 5) is 11.1. The van der Waals surface area contributed by atoms with Crippen molar-refractivity contribution in [3.8, 4) is 0 Å². The molecule has 2 atom stereocenters. The van der Waals surface area contributed by atoms with Gasteiger partial charge in [-0.05, 0) is 51.1 Å². The maximum atomic E-state index is 6.25. The molecule has 1 saturated heterocycles. The van der Waals surface area contributed by atoms with Gasteiger partial charge in [-0.15, -0.1) is 0 Å². The standard InChI is InChI=1S/C14H21ClN4/c1-2-5-19-6-3-4-9-7-11-10(8-12(9)19)13(15)18-14(16)17-11/h9,12H,2-8H2,1H3,(H2,16,17,18)/t9-,12-/m1/s1. The molecule has 0 unspecified atom stereocenters. The van der Waals surface area contributed by atoms with Gasteiger partial charge in [0, 0.05) is 11.6 Å². The zero-order valence-corrected chi connectivity index (χ0v) is 12.2. The van der Waals surface area contributed by atoms with Crippen molar-refractivity contribution < 1.29 is 0 Å². The highest BCUT2D eigenvalue weighted by Crippen LogP contribution is 2.36. The number of piperidine rings is 1. The normalized spacial score (nSPS) is 26.8. The van der Waals surface area contributed by atoms with Crippen LogP contribution < -0.4 is 5.73 Å². The number of nitrogens with zero attached hydrogens (tertiary/aromatic N) is 3. The van der Waals surface area contributed by atoms with Gasteiger partial charge in [0.15, 0.2) is 0 Å². The van der Waals surface area contributed by atoms with Crippen LogP contribution in [0.25, 0.3) is 0 Å². The van der Waals surface area contributed by atoms with Crippen LogP contribution in [0.4, 0.5) is 5.95 Å². The predicted octanol–water partition coefficient (Wildman–Crippen LogP) is 2.30. The molecule has 1 aliphatic heterocycles. The van der Waals surface area contributed by atoms with Crippen molar-refractivity contribution in [1.82, 2.24) is 14.9 Å². The number of nitrogen functional groups attached to an aromatic ring is 1. The van der Waals surface area contributed by atoms with E-state index in [9.17, 15) is 0 Å². The largest absolute Gasteiger partial charge is 0.368 e. The Kier molecular flexibility index (Phi) is 3.63. The number of halogens is 1. The molecule has 1 aromatic heterocycles. The molecule has 1 aromatic rings. The van der Waals surface area contributed by atoms with Gasteiger partial charge in [-0.2, -0.15) is 0 Å². The number of fused-ring (bicyclic) bond motifs is 2. The van der Waals surface area contributed by atoms with E-state index in [1.54, 1.807) is 0 Å². The Morgan fingerprint density at radius 1 is 1.37 bits per heavy atom. The summed E-state index contributed by atoms with van der Waals surface area (Å²) in [5.41, 5.74) is 7.91. The summed E-state index contributed by atoms with van der Waals surface area (Å²) in [6.07, 6.45) is 5.80. The van der Waals surface area contributed by atoms with E-state index in [0.717, 1.165) is 24.1 Å². The summed E-state index contributed by atoms with van der Waals surface area (Å²) in [7, 11) is 0. The van der Waals surface area contributed by atoms with Crippen LogP contribution in [0.15, 0.2) is 0 Å². The second kappa shape index (κ2) is 5.25. The van der Waals surface area contributed by atoms with E-state index in [-0.39, 0.29) is 0 Å². The maximum Gasteiger partial charge on any atom is 0.221 e. The first-order valence-electron chi connectivity index (χ1n) is 7.24. The van der Waals surface area contributed by atoms with E-state index in [2.05, 4.69) is 21.8 Å². The molecule has 104 valence electrons. The minimum absolute atomic E-state index is 0.309. The lowest BCUT2D eigenvalue weighted by Crippen LogP contribution is -2.49. The summed E-state index contributed by atoms with van der Waals surface area (Å²) >= 11 is 6.25. The van der Waals surface area contributed by atoms with E-state index in [4.69, 9.17) is 17.3 Å². The van der Waals surface area contributed by atoms with Crippen LogP contribution in [0.1, 0.15) is 37.4 Å². The quantitative estimate of drug-likeness (QED) is 0.845. The molecule has 0 spiro atoms. The third-order valence-electron chi connectivity index (χ3n) is 4.47. The van der Waals surface area contributed by atoms with Gasteiger partial charge in [-0.25, -0.2) is 9.97 Å². The van der Waals surface area contributed by atoms with Gasteiger partial charge < -0.3 is 5.73 Å². The lowest BCUT2D eigenvalue weighted by Gasteiger charge is -2.44. The first kappa shape index (κ1) is 13.1. The average Bonchev–Trinajstić information content (AvgIpc) is 2.37. The molecular formula is C14H21ClN4. The highest BCUT2D eigenvalue weighted by Gasteiger charge is 2.36. The van der Waals surface area contributed by atoms with Crippen molar-refractivity contribution in [2.24, 2.45) is 5.92 Å². The number of likely N-dealkylation sites (tertiary alicyclic amines) is 1. The van der Waals surface area contributed by atoms with Crippen molar-refractivity contribution >= 4 is 17.5 Å². The topological polar surface area (TPSA) is 55.0 Å². The summed E-state index contributed by atoms with van der Waals surface area (Å²) < 4.78 is 0. The van der Waals surface area contributed by atoms with Gasteiger partial charge in [-0.3, -0.25) is 4.90 Å². The summed E-state index contributed by atoms with van der Waals surface area (Å²) in [6, 6.07) is 0.617. The van der Waals surface area contributed by atoms with Gasteiger partial charge in [0.1, 0.15) is 5.15 Å². The Morgan fingerprint density at radius 3 is 3.00 bits per heavy atom. The molecule has 0 bridgehead atoms. The van der Waals surface area contributed by atoms with Crippen molar-refractivity contribution in [1.29, 1.82) is 0 Å². The fourth-order valence-corrected chi connectivity index (χ4v) is 3.93. The highest BCUT2D eigenvalue weighted by atomic mass is 35.5. The third kappa shape index (κ3) is 2.43. The Labute approximate surface area is 119 Å². The Morgan fingerprint density at radius 2 is 2.21 bits per heavy atom. The molecule has 0 radical (unpaired) electrons. The van der Waals surface area contributed by atoms with E-state index in [1.165, 1.54) is 32.4 Å². The minimum atomic E-state index is 0.309. The third-order valence-corrected chi connectivity index (χ3v) is 4.79. The number of hydrogen-bond acceptors (Lipinski definition) is 4. The van der Waals surface area contributed by atoms with E-state index < -0.39 is 0 Å². The fraction of sp³-hybridized carbons (Fsp3) is 0.714. The number of hydrogen-bond donors (Lipinski definition) is 1. The summed E-state index contributed by atoms with van der Waals surface area (Å²) in [5.74, 6) is 1.02. The van der Waals surface area contributed by atoms with Crippen LogP contribution in [0, 0.1) is 5.92 Å². The fourth-order valence-electron chi connectivity index (χ4n) is 3.66. The highest BCUT2D eigenvalue weighted by molar-refractivity contribution is 6.30. The zero-order valence-electron chi connectivity index (χ0n) is 11.4. The van der Waals surface area contributed by atoms with Crippen LogP contribution >= 0.6 is 11.6 Å². The zero-order chi connectivity index (χ0) is 13.4. The first-order chi connectivity index (χ1) is 9.19. The van der Waals surface area contributed by atoms with Crippen LogP contribution in [0.2, 0.25) is 5.15 Å². The molecule has 2 aliphatic rings. The van der Waals surface area contributed by atoms with Gasteiger partial charge in [-0.1, -0.05) is 18.5 Å². The molecule has 19 heavy (non-hydrogen) atoms. The average molecular weight is 281 g/mol. The lowest BCUT2D eigenvalue weighted by atomic mass is 9.77. The van der Waals surface area contributed by atoms with Crippen LogP contribution in [0.5, 0.6) is 0 Å². The molecule has 2 heterocycles. The van der Waals surface area contributed by atoms with E-state index >= 15 is 0 Å². The molecule has 0 amide bonds. The molecule has 2 N–H and O–H groups in total. The number of aromatic nitrogens is 2. The smallest absolute Gasteiger partial charge is 0.221 e. The van der Waals surface area contributed by atoms with Gasteiger partial charge >= 0.3 is 0 Å². The van der Waals surface area contributed by atoms with Crippen molar-refractivity contribution in [2.45, 2.75) is 45.1 Å². The molecule has 0 aromatic carbocycles. The van der Waals surface area contributed by atoms with Gasteiger partial charge in [0.05, 0.1) is 5.69 Å². The van der Waals surface area contributed by atoms with E-state index in [0.29, 0.717) is 23.1 Å². The molecule has 0 saturated carbocycles. The second-order valence-corrected chi connectivity index (χ2v) is 6.07. The van der Waals surface area contributed by atoms with Crippen LogP contribution in [-0.2, 0) is 12.8 Å². The van der Waals surface area contributed by atoms with Crippen molar-refractivity contribution in [2.75, 3.05) is 18.8 Å². The van der Waals surface area contributed by atoms with Gasteiger partial charge in [0.25, 0.3) is 0 Å². The number of rotatable bonds is 2. The molecule has 3 rings (SSSR count). The minimum Gasteiger partial charge on any atom is -0.368 e. The second-order valence-electron chi connectivity index (χ2n) is 5.71. The summed E-state index contributed by atoms with van der Waals surface area (Å²) in [5, 5.41) is 0.558. The van der Waals surface area contributed by atoms with E-state index in [1.807, 2.05) is 0 Å². The Bertz CT molecular complexity index is 475. The SMILES string of the molecule is CCCN1CCC[C@@H]2Cc3nc(N)nc(Cl)c3C[C@H]21. The van der Waals surface area contributed by atoms with Crippen molar-refractivity contribution in [3.05, 3.63) is 16.4 Å². The Balaban J connectivity index is 1.91. The number of anilines is 1. The molecule has 5 heteroatoms. The first-order valence-corrected chi connectivity index (χ1v) is 7.61. The predicted molar refractivity (Wildman–Crippen MR) is 77.2 cm³/mol. The monoisotopic (exact) mass is 280 g/mol. The lowest BCUT2D eigenvalue weighted by molar-refractivity contribution is 0.0845. The molecule has 1 aliphatic carbocycles. The van der Waals surface area contributed by atoms with Crippen LogP contribution in [0.3, 0.4) is 0 Å². The molecule has 1 fully saturated rings. The number of nitrogens with two attached hydrogens (primary N) is 1. The van der Waals surface area contributed by atoms with Crippen molar-refractivity contribution in [3.63, 3.8) is 0 Å². The maximum absolute atomic E-state index is 6.25. The van der Waals surface area contributed by atoms with Gasteiger partial charge in [0.2, 0.25) is 5.95 Å². The molecular weight excluding hydrogens is 260 g/mol. The van der Waals surface area contributed by atoms with Crippen LogP contribution in [-0.4, -0.2) is 34.0 Å². The molecule has 4 nitrogen and oxygen atoms in total. The summed E-state index contributed by atoms with van der Waals surface area (Å²) in [6.45, 7) is 4.65. The Hall–Kier alpha value is -0.870.